The van der Waals surface area contributed by atoms with Gasteiger partial charge in [0.05, 0.1) is 0 Å². The molecule has 34 heavy (non-hydrogen) atoms. The van der Waals surface area contributed by atoms with Gasteiger partial charge >= 0.3 is 12.1 Å². The Kier molecular flexibility index (Phi) is 7.39. The minimum absolute atomic E-state index is 0.0579. The molecule has 0 aromatic heterocycles. The second kappa shape index (κ2) is 11.0. The number of benzene rings is 3. The van der Waals surface area contributed by atoms with Crippen LogP contribution in [0.1, 0.15) is 21.5 Å². The molecule has 0 unspecified atom stereocenters. The molecule has 0 saturated heterocycles. The van der Waals surface area contributed by atoms with Gasteiger partial charge in [0.15, 0.2) is 23.9 Å². The van der Waals surface area contributed by atoms with Crippen molar-refractivity contribution < 1.29 is 33.3 Å². The number of fused-ring (bicyclic) bond motifs is 1. The van der Waals surface area contributed by atoms with Gasteiger partial charge in [0.2, 0.25) is 6.79 Å². The monoisotopic (exact) mass is 461 g/mol. The molecule has 4 rings (SSSR count). The molecule has 1 heterocycles. The van der Waals surface area contributed by atoms with Crippen LogP contribution in [0.4, 0.5) is 4.79 Å². The summed E-state index contributed by atoms with van der Waals surface area (Å²) in [4.78, 5) is 37.7. The van der Waals surface area contributed by atoms with Crippen molar-refractivity contribution in [2.75, 3.05) is 13.4 Å². The zero-order valence-corrected chi connectivity index (χ0v) is 18.3. The van der Waals surface area contributed by atoms with Gasteiger partial charge in [0.25, 0.3) is 0 Å². The van der Waals surface area contributed by atoms with E-state index in [0.29, 0.717) is 17.1 Å². The molecule has 0 fully saturated rings. The highest BCUT2D eigenvalue weighted by Crippen LogP contribution is 2.32. The van der Waals surface area contributed by atoms with Crippen LogP contribution in [0.2, 0.25) is 0 Å². The van der Waals surface area contributed by atoms with Crippen LogP contribution in [-0.2, 0) is 27.3 Å². The smallest absolute Gasteiger partial charge is 0.408 e. The molecule has 1 amide bonds. The molecule has 174 valence electrons. The maximum absolute atomic E-state index is 12.8. The van der Waals surface area contributed by atoms with Crippen LogP contribution in [-0.4, -0.2) is 37.3 Å². The third-order valence-electron chi connectivity index (χ3n) is 5.11. The third-order valence-corrected chi connectivity index (χ3v) is 5.11. The van der Waals surface area contributed by atoms with Gasteiger partial charge in [0, 0.05) is 12.0 Å². The highest BCUT2D eigenvalue weighted by Gasteiger charge is 2.25. The van der Waals surface area contributed by atoms with Crippen molar-refractivity contribution in [3.05, 3.63) is 95.6 Å². The average Bonchev–Trinajstić information content (AvgIpc) is 3.35. The zero-order valence-electron chi connectivity index (χ0n) is 18.3. The van der Waals surface area contributed by atoms with Crippen LogP contribution < -0.4 is 14.8 Å². The molecule has 0 saturated carbocycles. The number of nitrogens with one attached hydrogen (secondary N) is 1. The Balaban J connectivity index is 1.36. The summed E-state index contributed by atoms with van der Waals surface area (Å²) in [5.74, 6) is -0.136. The summed E-state index contributed by atoms with van der Waals surface area (Å²) < 4.78 is 21.0. The number of carbonyl (C=O) groups is 3. The predicted molar refractivity (Wildman–Crippen MR) is 122 cm³/mol. The van der Waals surface area contributed by atoms with Crippen LogP contribution >= 0.6 is 0 Å². The first-order valence-corrected chi connectivity index (χ1v) is 10.7. The molecule has 1 N–H and O–H groups in total. The Bertz CT molecular complexity index is 1150. The Morgan fingerprint density at radius 1 is 0.824 bits per heavy atom. The summed E-state index contributed by atoms with van der Waals surface area (Å²) in [6.45, 7) is -0.331. The van der Waals surface area contributed by atoms with Gasteiger partial charge in [0.1, 0.15) is 12.6 Å². The first-order chi connectivity index (χ1) is 16.6. The van der Waals surface area contributed by atoms with Gasteiger partial charge in [-0.3, -0.25) is 4.79 Å². The lowest BCUT2D eigenvalue weighted by molar-refractivity contribution is -0.144. The number of ketones is 1. The Morgan fingerprint density at radius 3 is 2.24 bits per heavy atom. The van der Waals surface area contributed by atoms with Crippen LogP contribution in [0.5, 0.6) is 11.5 Å². The maximum atomic E-state index is 12.8. The molecule has 1 aliphatic rings. The summed E-state index contributed by atoms with van der Waals surface area (Å²) in [7, 11) is 0. The molecule has 0 radical (unpaired) electrons. The van der Waals surface area contributed by atoms with E-state index in [1.807, 2.05) is 60.7 Å². The quantitative estimate of drug-likeness (QED) is 0.383. The van der Waals surface area contributed by atoms with Crippen molar-refractivity contribution in [3.8, 4) is 11.5 Å². The van der Waals surface area contributed by atoms with Crippen LogP contribution in [0.15, 0.2) is 78.9 Å². The summed E-state index contributed by atoms with van der Waals surface area (Å²) in [6.07, 6.45) is -0.581. The number of alkyl carbamates (subject to hydrolysis) is 1. The first kappa shape index (κ1) is 22.8. The molecule has 3 aromatic rings. The number of rotatable bonds is 9. The SMILES string of the molecule is O=C(N[C@@H](Cc1ccccc1)C(=O)OCC(=O)c1ccc2c(c1)OCO2)OCc1ccccc1. The second-order valence-corrected chi connectivity index (χ2v) is 7.55. The van der Waals surface area contributed by atoms with Crippen LogP contribution in [0, 0.1) is 0 Å². The van der Waals surface area contributed by atoms with E-state index in [9.17, 15) is 14.4 Å². The number of hydrogen-bond acceptors (Lipinski definition) is 7. The molecule has 1 aliphatic heterocycles. The number of hydrogen-bond donors (Lipinski definition) is 1. The Labute approximate surface area is 196 Å². The van der Waals surface area contributed by atoms with Crippen molar-refractivity contribution in [1.82, 2.24) is 5.32 Å². The zero-order chi connectivity index (χ0) is 23.8. The van der Waals surface area contributed by atoms with E-state index in [1.54, 1.807) is 18.2 Å². The summed E-state index contributed by atoms with van der Waals surface area (Å²) in [6, 6.07) is 22.1. The molecule has 3 aromatic carbocycles. The molecule has 8 heteroatoms. The molecular formula is C26H23NO7. The lowest BCUT2D eigenvalue weighted by Gasteiger charge is -2.18. The number of Topliss-reactive ketones (excluding diaryl/α,β-unsaturated/α-hetero) is 1. The highest BCUT2D eigenvalue weighted by atomic mass is 16.7. The third kappa shape index (κ3) is 6.13. The normalized spacial score (nSPS) is 12.5. The fourth-order valence-corrected chi connectivity index (χ4v) is 3.34. The lowest BCUT2D eigenvalue weighted by Crippen LogP contribution is -2.44. The van der Waals surface area contributed by atoms with Crippen LogP contribution in [0.25, 0.3) is 0 Å². The van der Waals surface area contributed by atoms with E-state index in [4.69, 9.17) is 18.9 Å². The minimum Gasteiger partial charge on any atom is -0.456 e. The molecule has 8 nitrogen and oxygen atoms in total. The molecular weight excluding hydrogens is 438 g/mol. The number of carbonyl (C=O) groups excluding carboxylic acids is 3. The molecule has 0 aliphatic carbocycles. The van der Waals surface area contributed by atoms with E-state index in [2.05, 4.69) is 5.32 Å². The fraction of sp³-hybridized carbons (Fsp3) is 0.192. The van der Waals surface area contributed by atoms with Crippen molar-refractivity contribution in [3.63, 3.8) is 0 Å². The fourth-order valence-electron chi connectivity index (χ4n) is 3.34. The lowest BCUT2D eigenvalue weighted by atomic mass is 10.1. The standard InChI is InChI=1S/C26H23NO7/c28-22(20-11-12-23-24(14-20)34-17-33-23)16-31-25(29)21(13-18-7-3-1-4-8-18)27-26(30)32-15-19-9-5-2-6-10-19/h1-12,14,21H,13,15-17H2,(H,27,30)/t21-/m0/s1. The van der Waals surface area contributed by atoms with E-state index >= 15 is 0 Å². The predicted octanol–water partition coefficient (Wildman–Crippen LogP) is 3.68. The van der Waals surface area contributed by atoms with Crippen molar-refractivity contribution in [2.45, 2.75) is 19.1 Å². The molecule has 0 spiro atoms. The van der Waals surface area contributed by atoms with Gasteiger partial charge in [-0.25, -0.2) is 9.59 Å². The van der Waals surface area contributed by atoms with E-state index in [1.165, 1.54) is 0 Å². The van der Waals surface area contributed by atoms with E-state index < -0.39 is 30.5 Å². The van der Waals surface area contributed by atoms with Crippen LogP contribution in [0.3, 0.4) is 0 Å². The maximum Gasteiger partial charge on any atom is 0.408 e. The summed E-state index contributed by atoms with van der Waals surface area (Å²) >= 11 is 0. The van der Waals surface area contributed by atoms with Crippen molar-refractivity contribution in [2.24, 2.45) is 0 Å². The first-order valence-electron chi connectivity index (χ1n) is 10.7. The number of esters is 1. The Morgan fingerprint density at radius 2 is 1.50 bits per heavy atom. The van der Waals surface area contributed by atoms with Gasteiger partial charge in [-0.05, 0) is 29.3 Å². The van der Waals surface area contributed by atoms with Crippen molar-refractivity contribution >= 4 is 17.8 Å². The van der Waals surface area contributed by atoms with Gasteiger partial charge in [-0.15, -0.1) is 0 Å². The topological polar surface area (TPSA) is 100 Å². The minimum atomic E-state index is -1.03. The summed E-state index contributed by atoms with van der Waals surface area (Å²) in [5, 5.41) is 2.55. The molecule has 0 bridgehead atoms. The van der Waals surface area contributed by atoms with Gasteiger partial charge < -0.3 is 24.3 Å². The number of ether oxygens (including phenoxy) is 4. The summed E-state index contributed by atoms with van der Waals surface area (Å²) in [5.41, 5.74) is 1.95. The van der Waals surface area contributed by atoms with Gasteiger partial charge in [-0.1, -0.05) is 60.7 Å². The molecule has 1 atom stereocenters. The number of amides is 1. The van der Waals surface area contributed by atoms with E-state index in [0.717, 1.165) is 11.1 Å². The average molecular weight is 461 g/mol. The van der Waals surface area contributed by atoms with Gasteiger partial charge in [-0.2, -0.15) is 0 Å². The Hall–Kier alpha value is -4.33. The second-order valence-electron chi connectivity index (χ2n) is 7.55. The van der Waals surface area contributed by atoms with E-state index in [-0.39, 0.29) is 19.8 Å². The largest absolute Gasteiger partial charge is 0.456 e. The van der Waals surface area contributed by atoms with Crippen molar-refractivity contribution in [1.29, 1.82) is 0 Å². The highest BCUT2D eigenvalue weighted by molar-refractivity contribution is 5.98.